The Labute approximate surface area is 216 Å². The van der Waals surface area contributed by atoms with Gasteiger partial charge in [0.1, 0.15) is 0 Å². The van der Waals surface area contributed by atoms with Gasteiger partial charge in [-0.25, -0.2) is 0 Å². The van der Waals surface area contributed by atoms with Crippen molar-refractivity contribution in [2.45, 2.75) is 116 Å². The molecule has 3 aliphatic carbocycles. The Morgan fingerprint density at radius 1 is 0.556 bits per heavy atom. The van der Waals surface area contributed by atoms with Crippen LogP contribution in [-0.4, -0.2) is 35.8 Å². The lowest BCUT2D eigenvalue weighted by Crippen LogP contribution is -2.45. The lowest BCUT2D eigenvalue weighted by molar-refractivity contribution is 0.0861. The standard InChI is InChI=1S/C30H45N3O3/c1-19-11-4-7-16-24(19)31-28(34)22-14-10-15-23(29(35)32-25-17-8-5-12-20(25)2)27(22)30(36)33-26-18-9-6-13-21(26)3/h10,14-15,19-21,24-26H,4-9,11-13,16-18H2,1-3H3,(H,31,34)(H,32,35)(H,33,36). The molecular weight excluding hydrogens is 450 g/mol. The van der Waals surface area contributed by atoms with Crippen LogP contribution in [0.3, 0.4) is 0 Å². The van der Waals surface area contributed by atoms with Gasteiger partial charge in [-0.1, -0.05) is 65.4 Å². The highest BCUT2D eigenvalue weighted by Crippen LogP contribution is 2.28. The van der Waals surface area contributed by atoms with E-state index in [4.69, 9.17) is 0 Å². The van der Waals surface area contributed by atoms with E-state index in [1.54, 1.807) is 18.2 Å². The highest BCUT2D eigenvalue weighted by atomic mass is 16.2. The molecule has 0 aromatic heterocycles. The van der Waals surface area contributed by atoms with Crippen molar-refractivity contribution in [1.29, 1.82) is 0 Å². The minimum atomic E-state index is -0.307. The average molecular weight is 496 g/mol. The fraction of sp³-hybridized carbons (Fsp3) is 0.700. The van der Waals surface area contributed by atoms with E-state index in [9.17, 15) is 14.4 Å². The zero-order valence-corrected chi connectivity index (χ0v) is 22.4. The minimum absolute atomic E-state index is 0.0648. The normalized spacial score (nSPS) is 30.8. The Morgan fingerprint density at radius 3 is 1.25 bits per heavy atom. The Bertz CT molecular complexity index is 891. The molecule has 0 bridgehead atoms. The molecule has 6 heteroatoms. The Hall–Kier alpha value is -2.37. The van der Waals surface area contributed by atoms with Crippen molar-refractivity contribution in [3.05, 3.63) is 34.9 Å². The second kappa shape index (κ2) is 12.2. The van der Waals surface area contributed by atoms with E-state index in [2.05, 4.69) is 36.7 Å². The van der Waals surface area contributed by atoms with E-state index in [0.29, 0.717) is 28.9 Å². The fourth-order valence-electron chi connectivity index (χ4n) is 6.50. The molecule has 3 fully saturated rings. The van der Waals surface area contributed by atoms with Gasteiger partial charge in [0.25, 0.3) is 17.7 Å². The minimum Gasteiger partial charge on any atom is -0.349 e. The number of amides is 3. The number of hydrogen-bond acceptors (Lipinski definition) is 3. The number of hydrogen-bond donors (Lipinski definition) is 3. The van der Waals surface area contributed by atoms with E-state index >= 15 is 0 Å². The monoisotopic (exact) mass is 495 g/mol. The molecular formula is C30H45N3O3. The van der Waals surface area contributed by atoms with Crippen LogP contribution in [0.15, 0.2) is 18.2 Å². The lowest BCUT2D eigenvalue weighted by atomic mass is 9.85. The first-order chi connectivity index (χ1) is 17.3. The molecule has 198 valence electrons. The van der Waals surface area contributed by atoms with Crippen LogP contribution in [0.1, 0.15) is 129 Å². The summed E-state index contributed by atoms with van der Waals surface area (Å²) >= 11 is 0. The predicted octanol–water partition coefficient (Wildman–Crippen LogP) is 5.61. The number of carbonyl (C=O) groups excluding carboxylic acids is 3. The molecule has 6 nitrogen and oxygen atoms in total. The van der Waals surface area contributed by atoms with Crippen LogP contribution in [0.2, 0.25) is 0 Å². The smallest absolute Gasteiger partial charge is 0.253 e. The molecule has 3 amide bonds. The third-order valence-corrected chi connectivity index (χ3v) is 9.06. The summed E-state index contributed by atoms with van der Waals surface area (Å²) < 4.78 is 0. The number of carbonyl (C=O) groups is 3. The molecule has 36 heavy (non-hydrogen) atoms. The molecule has 1 aromatic rings. The van der Waals surface area contributed by atoms with Crippen LogP contribution in [0.25, 0.3) is 0 Å². The molecule has 6 unspecified atom stereocenters. The van der Waals surface area contributed by atoms with Gasteiger partial charge in [0.15, 0.2) is 0 Å². The van der Waals surface area contributed by atoms with Crippen molar-refractivity contribution in [3.8, 4) is 0 Å². The summed E-state index contributed by atoms with van der Waals surface area (Å²) in [6, 6.07) is 5.39. The SMILES string of the molecule is CC1CCCCC1NC(=O)c1cccc(C(=O)NC2CCCCC2C)c1C(=O)NC1CCCCC1C. The van der Waals surface area contributed by atoms with Gasteiger partial charge in [-0.05, 0) is 68.4 Å². The lowest BCUT2D eigenvalue weighted by Gasteiger charge is -2.31. The summed E-state index contributed by atoms with van der Waals surface area (Å²) in [5, 5.41) is 9.59. The molecule has 3 N–H and O–H groups in total. The molecule has 0 aliphatic heterocycles. The third-order valence-electron chi connectivity index (χ3n) is 9.06. The summed E-state index contributed by atoms with van der Waals surface area (Å²) in [6.45, 7) is 6.53. The van der Waals surface area contributed by atoms with Gasteiger partial charge in [0, 0.05) is 18.1 Å². The van der Waals surface area contributed by atoms with Crippen LogP contribution in [-0.2, 0) is 0 Å². The van der Waals surface area contributed by atoms with Gasteiger partial charge < -0.3 is 16.0 Å². The largest absolute Gasteiger partial charge is 0.349 e. The average Bonchev–Trinajstić information content (AvgIpc) is 2.87. The quantitative estimate of drug-likeness (QED) is 0.479. The van der Waals surface area contributed by atoms with Crippen molar-refractivity contribution in [2.24, 2.45) is 17.8 Å². The highest BCUT2D eigenvalue weighted by molar-refractivity contribution is 6.14. The first kappa shape index (κ1) is 26.7. The highest BCUT2D eigenvalue weighted by Gasteiger charge is 2.32. The number of benzene rings is 1. The van der Waals surface area contributed by atoms with Gasteiger partial charge in [0.05, 0.1) is 16.7 Å². The fourth-order valence-corrected chi connectivity index (χ4v) is 6.50. The summed E-state index contributed by atoms with van der Waals surface area (Å²) in [6.07, 6.45) is 13.0. The molecule has 3 saturated carbocycles. The molecule has 0 radical (unpaired) electrons. The summed E-state index contributed by atoms with van der Waals surface area (Å²) in [7, 11) is 0. The van der Waals surface area contributed by atoms with Gasteiger partial charge in [-0.3, -0.25) is 14.4 Å². The van der Waals surface area contributed by atoms with E-state index in [-0.39, 0.29) is 41.4 Å². The summed E-state index contributed by atoms with van der Waals surface area (Å²) in [5.74, 6) is 0.377. The van der Waals surface area contributed by atoms with Crippen molar-refractivity contribution in [3.63, 3.8) is 0 Å². The zero-order chi connectivity index (χ0) is 25.7. The van der Waals surface area contributed by atoms with Crippen molar-refractivity contribution in [1.82, 2.24) is 16.0 Å². The van der Waals surface area contributed by atoms with Crippen LogP contribution in [0.4, 0.5) is 0 Å². The van der Waals surface area contributed by atoms with E-state index < -0.39 is 0 Å². The van der Waals surface area contributed by atoms with Crippen LogP contribution in [0.5, 0.6) is 0 Å². The van der Waals surface area contributed by atoms with Crippen LogP contribution in [0, 0.1) is 17.8 Å². The van der Waals surface area contributed by atoms with Crippen LogP contribution >= 0.6 is 0 Å². The van der Waals surface area contributed by atoms with Gasteiger partial charge >= 0.3 is 0 Å². The topological polar surface area (TPSA) is 87.3 Å². The second-order valence-corrected chi connectivity index (χ2v) is 11.8. The maximum absolute atomic E-state index is 13.8. The summed E-state index contributed by atoms with van der Waals surface area (Å²) in [4.78, 5) is 40.8. The van der Waals surface area contributed by atoms with Gasteiger partial charge in [-0.2, -0.15) is 0 Å². The maximum Gasteiger partial charge on any atom is 0.253 e. The van der Waals surface area contributed by atoms with Crippen molar-refractivity contribution < 1.29 is 14.4 Å². The second-order valence-electron chi connectivity index (χ2n) is 11.8. The molecule has 0 spiro atoms. The molecule has 0 saturated heterocycles. The third kappa shape index (κ3) is 6.30. The van der Waals surface area contributed by atoms with Gasteiger partial charge in [-0.15, -0.1) is 0 Å². The van der Waals surface area contributed by atoms with E-state index in [1.807, 2.05) is 0 Å². The number of nitrogens with one attached hydrogen (secondary N) is 3. The summed E-state index contributed by atoms with van der Waals surface area (Å²) in [5.41, 5.74) is 0.827. The molecule has 6 atom stereocenters. The molecule has 0 heterocycles. The van der Waals surface area contributed by atoms with Crippen molar-refractivity contribution in [2.75, 3.05) is 0 Å². The molecule has 3 aliphatic rings. The van der Waals surface area contributed by atoms with Gasteiger partial charge in [0.2, 0.25) is 0 Å². The molecule has 1 aromatic carbocycles. The maximum atomic E-state index is 13.8. The zero-order valence-electron chi connectivity index (χ0n) is 22.4. The molecule has 4 rings (SSSR count). The Balaban J connectivity index is 1.62. The van der Waals surface area contributed by atoms with Crippen molar-refractivity contribution >= 4 is 17.7 Å². The number of rotatable bonds is 6. The first-order valence-corrected chi connectivity index (χ1v) is 14.4. The Kier molecular flexibility index (Phi) is 9.08. The van der Waals surface area contributed by atoms with E-state index in [0.717, 1.165) is 57.8 Å². The first-order valence-electron chi connectivity index (χ1n) is 14.4. The Morgan fingerprint density at radius 2 is 0.889 bits per heavy atom. The predicted molar refractivity (Wildman–Crippen MR) is 143 cm³/mol. The van der Waals surface area contributed by atoms with E-state index in [1.165, 1.54) is 19.3 Å². The van der Waals surface area contributed by atoms with Crippen LogP contribution < -0.4 is 16.0 Å².